The molecule has 0 fully saturated rings. The van der Waals surface area contributed by atoms with Gasteiger partial charge in [0.1, 0.15) is 0 Å². The van der Waals surface area contributed by atoms with E-state index in [9.17, 15) is 4.79 Å². The molecule has 2 nitrogen and oxygen atoms in total. The second-order valence-electron chi connectivity index (χ2n) is 5.17. The fourth-order valence-electron chi connectivity index (χ4n) is 2.75. The number of Topliss-reactive ketones (excluding diaryl/α,β-unsaturated/α-hetero) is 1. The summed E-state index contributed by atoms with van der Waals surface area (Å²) >= 11 is 0. The number of nitrogens with zero attached hydrogens (tertiary/aromatic N) is 1. The molecule has 0 bridgehead atoms. The number of aryl methyl sites for hydroxylation is 1. The molecule has 0 radical (unpaired) electrons. The van der Waals surface area contributed by atoms with E-state index >= 15 is 0 Å². The molecule has 0 spiro atoms. The Morgan fingerprint density at radius 3 is 2.67 bits per heavy atom. The molecule has 92 valence electrons. The molecule has 0 saturated carbocycles. The summed E-state index contributed by atoms with van der Waals surface area (Å²) in [7, 11) is 4.09. The van der Waals surface area contributed by atoms with Crippen molar-refractivity contribution in [3.05, 3.63) is 41.5 Å². The maximum Gasteiger partial charge on any atom is 0.163 e. The summed E-state index contributed by atoms with van der Waals surface area (Å²) in [6.07, 6.45) is 2.72. The Balaban J connectivity index is 2.24. The van der Waals surface area contributed by atoms with Gasteiger partial charge in [-0.2, -0.15) is 0 Å². The van der Waals surface area contributed by atoms with Crippen molar-refractivity contribution in [1.82, 2.24) is 0 Å². The first kappa shape index (κ1) is 11.3. The van der Waals surface area contributed by atoms with Crippen LogP contribution in [-0.4, -0.2) is 19.9 Å². The number of benzene rings is 2. The highest BCUT2D eigenvalue weighted by Gasteiger charge is 2.18. The lowest BCUT2D eigenvalue weighted by molar-refractivity contribution is 0.0973. The summed E-state index contributed by atoms with van der Waals surface area (Å²) in [5, 5.41) is 2.47. The fraction of sp³-hybridized carbons (Fsp3) is 0.312. The molecule has 18 heavy (non-hydrogen) atoms. The number of ketones is 1. The zero-order valence-electron chi connectivity index (χ0n) is 10.9. The lowest BCUT2D eigenvalue weighted by Crippen LogP contribution is -2.11. The Kier molecular flexibility index (Phi) is 2.58. The van der Waals surface area contributed by atoms with Crippen LogP contribution in [0.15, 0.2) is 30.3 Å². The average molecular weight is 239 g/mol. The van der Waals surface area contributed by atoms with E-state index in [1.807, 2.05) is 20.2 Å². The van der Waals surface area contributed by atoms with Gasteiger partial charge in [0.2, 0.25) is 0 Å². The normalized spacial score (nSPS) is 14.7. The molecule has 0 saturated heterocycles. The van der Waals surface area contributed by atoms with Crippen molar-refractivity contribution in [2.24, 2.45) is 0 Å². The monoisotopic (exact) mass is 239 g/mol. The first-order valence-electron chi connectivity index (χ1n) is 6.43. The van der Waals surface area contributed by atoms with Gasteiger partial charge >= 0.3 is 0 Å². The molecule has 0 heterocycles. The van der Waals surface area contributed by atoms with E-state index in [4.69, 9.17) is 0 Å². The van der Waals surface area contributed by atoms with Gasteiger partial charge in [-0.25, -0.2) is 0 Å². The van der Waals surface area contributed by atoms with Crippen LogP contribution in [0.3, 0.4) is 0 Å². The van der Waals surface area contributed by atoms with Crippen LogP contribution in [0.25, 0.3) is 10.8 Å². The van der Waals surface area contributed by atoms with Crippen molar-refractivity contribution in [2.45, 2.75) is 19.3 Å². The summed E-state index contributed by atoms with van der Waals surface area (Å²) in [5.41, 5.74) is 3.38. The van der Waals surface area contributed by atoms with Crippen molar-refractivity contribution in [3.63, 3.8) is 0 Å². The largest absolute Gasteiger partial charge is 0.378 e. The van der Waals surface area contributed by atoms with Crippen molar-refractivity contribution < 1.29 is 4.79 Å². The maximum atomic E-state index is 11.9. The van der Waals surface area contributed by atoms with Gasteiger partial charge in [-0.3, -0.25) is 4.79 Å². The van der Waals surface area contributed by atoms with Crippen LogP contribution in [0.2, 0.25) is 0 Å². The third-order valence-corrected chi connectivity index (χ3v) is 3.76. The molecule has 1 aliphatic rings. The predicted octanol–water partition coefficient (Wildman–Crippen LogP) is 3.42. The Hall–Kier alpha value is -1.83. The van der Waals surface area contributed by atoms with Gasteiger partial charge in [-0.1, -0.05) is 18.2 Å². The minimum absolute atomic E-state index is 0.301. The molecule has 0 amide bonds. The highest BCUT2D eigenvalue weighted by Crippen LogP contribution is 2.30. The first-order valence-corrected chi connectivity index (χ1v) is 6.43. The second kappa shape index (κ2) is 4.13. The topological polar surface area (TPSA) is 20.3 Å². The smallest absolute Gasteiger partial charge is 0.163 e. The van der Waals surface area contributed by atoms with Crippen LogP contribution in [0.1, 0.15) is 28.8 Å². The highest BCUT2D eigenvalue weighted by molar-refractivity contribution is 6.04. The third kappa shape index (κ3) is 1.69. The van der Waals surface area contributed by atoms with E-state index in [2.05, 4.69) is 29.2 Å². The van der Waals surface area contributed by atoms with E-state index in [1.54, 1.807) is 0 Å². The summed E-state index contributed by atoms with van der Waals surface area (Å²) < 4.78 is 0. The van der Waals surface area contributed by atoms with Crippen molar-refractivity contribution in [1.29, 1.82) is 0 Å². The quantitative estimate of drug-likeness (QED) is 0.760. The number of carbonyl (C=O) groups is 1. The van der Waals surface area contributed by atoms with Crippen molar-refractivity contribution in [2.75, 3.05) is 19.0 Å². The van der Waals surface area contributed by atoms with Crippen molar-refractivity contribution >= 4 is 22.2 Å². The van der Waals surface area contributed by atoms with E-state index in [0.29, 0.717) is 12.2 Å². The maximum absolute atomic E-state index is 11.9. The lowest BCUT2D eigenvalue weighted by Gasteiger charge is -2.19. The van der Waals surface area contributed by atoms with Crippen LogP contribution < -0.4 is 4.90 Å². The van der Waals surface area contributed by atoms with Gasteiger partial charge in [0, 0.05) is 31.8 Å². The Morgan fingerprint density at radius 1 is 1.06 bits per heavy atom. The zero-order valence-corrected chi connectivity index (χ0v) is 10.9. The Morgan fingerprint density at radius 2 is 1.89 bits per heavy atom. The van der Waals surface area contributed by atoms with Gasteiger partial charge in [0.15, 0.2) is 5.78 Å². The molecule has 0 unspecified atom stereocenters. The van der Waals surface area contributed by atoms with E-state index in [-0.39, 0.29) is 0 Å². The van der Waals surface area contributed by atoms with Crippen LogP contribution in [0, 0.1) is 0 Å². The van der Waals surface area contributed by atoms with Gasteiger partial charge in [0.05, 0.1) is 0 Å². The second-order valence-corrected chi connectivity index (χ2v) is 5.17. The number of hydrogen-bond acceptors (Lipinski definition) is 2. The molecule has 0 N–H and O–H groups in total. The van der Waals surface area contributed by atoms with Crippen LogP contribution >= 0.6 is 0 Å². The first-order chi connectivity index (χ1) is 8.66. The Labute approximate surface area is 107 Å². The minimum atomic E-state index is 0.301. The van der Waals surface area contributed by atoms with E-state index < -0.39 is 0 Å². The van der Waals surface area contributed by atoms with Gasteiger partial charge in [-0.15, -0.1) is 0 Å². The fourth-order valence-corrected chi connectivity index (χ4v) is 2.75. The van der Waals surface area contributed by atoms with Gasteiger partial charge in [-0.05, 0) is 41.3 Å². The van der Waals surface area contributed by atoms with Crippen LogP contribution in [-0.2, 0) is 6.42 Å². The molecule has 2 aromatic rings. The molecule has 3 rings (SSSR count). The zero-order chi connectivity index (χ0) is 12.7. The van der Waals surface area contributed by atoms with Gasteiger partial charge < -0.3 is 4.90 Å². The average Bonchev–Trinajstić information content (AvgIpc) is 2.38. The summed E-state index contributed by atoms with van der Waals surface area (Å²) in [6.45, 7) is 0. The molecule has 0 aromatic heterocycles. The summed E-state index contributed by atoms with van der Waals surface area (Å²) in [4.78, 5) is 14.0. The Bertz CT molecular complexity index is 628. The number of hydrogen-bond donors (Lipinski definition) is 0. The number of fused-ring (bicyclic) bond motifs is 3. The number of anilines is 1. The molecule has 0 aliphatic heterocycles. The molecule has 2 aromatic carbocycles. The third-order valence-electron chi connectivity index (χ3n) is 3.76. The van der Waals surface area contributed by atoms with Crippen LogP contribution in [0.4, 0.5) is 5.69 Å². The van der Waals surface area contributed by atoms with Crippen molar-refractivity contribution in [3.8, 4) is 0 Å². The van der Waals surface area contributed by atoms with Crippen LogP contribution in [0.5, 0.6) is 0 Å². The molecule has 1 aliphatic carbocycles. The standard InChI is InChI=1S/C16H17NO/c1-17(2)12-7-9-13-11(10-12)6-8-15-14(13)4-3-5-16(15)18/h6-10H,3-5H2,1-2H3. The molecular weight excluding hydrogens is 222 g/mol. The summed E-state index contributed by atoms with van der Waals surface area (Å²) in [6, 6.07) is 10.5. The SMILES string of the molecule is CN(C)c1ccc2c3c(ccc2c1)C(=O)CCC3. The summed E-state index contributed by atoms with van der Waals surface area (Å²) in [5.74, 6) is 0.301. The lowest BCUT2D eigenvalue weighted by atomic mass is 9.87. The number of rotatable bonds is 1. The predicted molar refractivity (Wildman–Crippen MR) is 75.5 cm³/mol. The van der Waals surface area contributed by atoms with E-state index in [1.165, 1.54) is 22.0 Å². The minimum Gasteiger partial charge on any atom is -0.378 e. The molecular formula is C16H17NO. The van der Waals surface area contributed by atoms with Gasteiger partial charge in [0.25, 0.3) is 0 Å². The molecule has 0 atom stereocenters. The molecule has 2 heteroatoms. The van der Waals surface area contributed by atoms with E-state index in [0.717, 1.165) is 18.4 Å². The number of carbonyl (C=O) groups excluding carboxylic acids is 1. The highest BCUT2D eigenvalue weighted by atomic mass is 16.1.